The van der Waals surface area contributed by atoms with Gasteiger partial charge in [0.05, 0.1) is 0 Å². The van der Waals surface area contributed by atoms with E-state index < -0.39 is 11.6 Å². The third-order valence-corrected chi connectivity index (χ3v) is 5.50. The van der Waals surface area contributed by atoms with Gasteiger partial charge in [0, 0.05) is 12.5 Å². The lowest BCUT2D eigenvalue weighted by Gasteiger charge is -2.37. The predicted octanol–water partition coefficient (Wildman–Crippen LogP) is 4.23. The minimum absolute atomic E-state index is 0.0250. The molecule has 3 atom stereocenters. The summed E-state index contributed by atoms with van der Waals surface area (Å²) in [5.74, 6) is -0.308. The second-order valence-corrected chi connectivity index (χ2v) is 10.9. The van der Waals surface area contributed by atoms with Crippen molar-refractivity contribution >= 4 is 17.8 Å². The van der Waals surface area contributed by atoms with Gasteiger partial charge in [0.15, 0.2) is 0 Å². The largest absolute Gasteiger partial charge is 0.459 e. The smallest absolute Gasteiger partial charge is 0.329 e. The normalized spacial score (nSPS) is 22.8. The number of hydrogen-bond donors (Lipinski definition) is 1. The van der Waals surface area contributed by atoms with Crippen molar-refractivity contribution in [3.05, 3.63) is 0 Å². The summed E-state index contributed by atoms with van der Waals surface area (Å²) in [7, 11) is 0. The van der Waals surface area contributed by atoms with Crippen LogP contribution in [0.1, 0.15) is 100 Å². The molecule has 0 aromatic heterocycles. The van der Waals surface area contributed by atoms with Crippen molar-refractivity contribution in [2.75, 3.05) is 13.1 Å². The van der Waals surface area contributed by atoms with Crippen LogP contribution in [0.3, 0.4) is 0 Å². The SMILES string of the molecule is CC(C)(C)OC(=O)[C@@H]1CCCCN1.CC[C@@H](C)C(=O)N1CCCC[C@H]1C(=O)OC(C)(C)C. The summed E-state index contributed by atoms with van der Waals surface area (Å²) in [6, 6.07) is -0.470. The number of carbonyl (C=O) groups is 3. The van der Waals surface area contributed by atoms with Gasteiger partial charge >= 0.3 is 11.9 Å². The van der Waals surface area contributed by atoms with E-state index in [2.05, 4.69) is 5.32 Å². The van der Waals surface area contributed by atoms with Gasteiger partial charge in [-0.25, -0.2) is 4.79 Å². The Labute approximate surface area is 195 Å². The van der Waals surface area contributed by atoms with Crippen molar-refractivity contribution in [3.63, 3.8) is 0 Å². The topological polar surface area (TPSA) is 84.9 Å². The number of nitrogens with one attached hydrogen (secondary N) is 1. The fraction of sp³-hybridized carbons (Fsp3) is 0.880. The summed E-state index contributed by atoms with van der Waals surface area (Å²) in [5, 5.41) is 3.17. The molecule has 186 valence electrons. The van der Waals surface area contributed by atoms with Crippen LogP contribution in [-0.2, 0) is 23.9 Å². The molecule has 0 radical (unpaired) electrons. The highest BCUT2D eigenvalue weighted by Crippen LogP contribution is 2.23. The van der Waals surface area contributed by atoms with Crippen LogP contribution in [0.5, 0.6) is 0 Å². The Bertz CT molecular complexity index is 615. The number of piperidine rings is 2. The van der Waals surface area contributed by atoms with E-state index >= 15 is 0 Å². The van der Waals surface area contributed by atoms with Crippen molar-refractivity contribution in [1.29, 1.82) is 0 Å². The molecule has 0 saturated carbocycles. The molecule has 0 aliphatic carbocycles. The Morgan fingerprint density at radius 1 is 0.906 bits per heavy atom. The number of ether oxygens (including phenoxy) is 2. The predicted molar refractivity (Wildman–Crippen MR) is 126 cm³/mol. The van der Waals surface area contributed by atoms with Gasteiger partial charge in [-0.2, -0.15) is 0 Å². The molecule has 0 bridgehead atoms. The standard InChI is InChI=1S/C15H27NO3.C10H19NO2/c1-6-11(2)13(17)16-10-8-7-9-12(16)14(18)19-15(3,4)5;1-10(2,3)13-9(12)8-6-4-5-7-11-8/h11-12H,6-10H2,1-5H3;8,11H,4-7H2,1-3H3/t11-,12+;8-/m10/s1. The molecule has 2 saturated heterocycles. The van der Waals surface area contributed by atoms with Crippen LogP contribution < -0.4 is 5.32 Å². The van der Waals surface area contributed by atoms with Crippen molar-refractivity contribution in [3.8, 4) is 0 Å². The Morgan fingerprint density at radius 2 is 1.47 bits per heavy atom. The van der Waals surface area contributed by atoms with Gasteiger partial charge < -0.3 is 19.7 Å². The number of likely N-dealkylation sites (tertiary alicyclic amines) is 1. The summed E-state index contributed by atoms with van der Waals surface area (Å²) in [6.07, 6.45) is 6.67. The molecule has 2 rings (SSSR count). The number of rotatable bonds is 4. The van der Waals surface area contributed by atoms with Crippen molar-refractivity contribution in [2.45, 2.75) is 124 Å². The highest BCUT2D eigenvalue weighted by atomic mass is 16.6. The van der Waals surface area contributed by atoms with Crippen LogP contribution in [0.25, 0.3) is 0 Å². The molecule has 0 aromatic carbocycles. The summed E-state index contributed by atoms with van der Waals surface area (Å²) >= 11 is 0. The van der Waals surface area contributed by atoms with Gasteiger partial charge in [0.25, 0.3) is 0 Å². The second kappa shape index (κ2) is 12.6. The number of hydrogen-bond acceptors (Lipinski definition) is 6. The molecule has 7 heteroatoms. The van der Waals surface area contributed by atoms with E-state index in [1.165, 1.54) is 6.42 Å². The molecule has 32 heavy (non-hydrogen) atoms. The van der Waals surface area contributed by atoms with Gasteiger partial charge in [-0.05, 0) is 86.6 Å². The molecular weight excluding hydrogens is 408 g/mol. The summed E-state index contributed by atoms with van der Waals surface area (Å²) in [6.45, 7) is 16.8. The monoisotopic (exact) mass is 454 g/mol. The van der Waals surface area contributed by atoms with E-state index in [-0.39, 0.29) is 35.4 Å². The van der Waals surface area contributed by atoms with Gasteiger partial charge in [0.1, 0.15) is 23.3 Å². The highest BCUT2D eigenvalue weighted by molar-refractivity contribution is 5.86. The van der Waals surface area contributed by atoms with Crippen molar-refractivity contribution in [1.82, 2.24) is 10.2 Å². The third kappa shape index (κ3) is 10.3. The van der Waals surface area contributed by atoms with E-state index in [4.69, 9.17) is 9.47 Å². The highest BCUT2D eigenvalue weighted by Gasteiger charge is 2.36. The quantitative estimate of drug-likeness (QED) is 0.640. The lowest BCUT2D eigenvalue weighted by Crippen LogP contribution is -2.51. The fourth-order valence-corrected chi connectivity index (χ4v) is 3.69. The van der Waals surface area contributed by atoms with Crippen LogP contribution >= 0.6 is 0 Å². The lowest BCUT2D eigenvalue weighted by molar-refractivity contribution is -0.167. The number of esters is 2. The molecule has 0 unspecified atom stereocenters. The Morgan fingerprint density at radius 3 is 1.97 bits per heavy atom. The van der Waals surface area contributed by atoms with Crippen molar-refractivity contribution < 1.29 is 23.9 Å². The van der Waals surface area contributed by atoms with E-state index in [0.717, 1.165) is 45.1 Å². The average molecular weight is 455 g/mol. The molecule has 2 fully saturated rings. The fourth-order valence-electron chi connectivity index (χ4n) is 3.69. The van der Waals surface area contributed by atoms with Crippen molar-refractivity contribution in [2.24, 2.45) is 5.92 Å². The average Bonchev–Trinajstić information content (AvgIpc) is 2.71. The molecule has 2 aliphatic heterocycles. The van der Waals surface area contributed by atoms with Crippen LogP contribution in [0, 0.1) is 5.92 Å². The molecule has 2 aliphatic rings. The first-order valence-corrected chi connectivity index (χ1v) is 12.2. The summed E-state index contributed by atoms with van der Waals surface area (Å²) < 4.78 is 10.7. The summed E-state index contributed by atoms with van der Waals surface area (Å²) in [4.78, 5) is 37.8. The van der Waals surface area contributed by atoms with Crippen LogP contribution in [0.15, 0.2) is 0 Å². The number of carbonyl (C=O) groups excluding carboxylic acids is 3. The van der Waals surface area contributed by atoms with E-state index in [0.29, 0.717) is 6.54 Å². The number of nitrogens with zero attached hydrogens (tertiary/aromatic N) is 1. The molecule has 0 spiro atoms. The first-order valence-electron chi connectivity index (χ1n) is 12.2. The maximum absolute atomic E-state index is 12.3. The Hall–Kier alpha value is -1.63. The van der Waals surface area contributed by atoms with Crippen LogP contribution in [-0.4, -0.2) is 59.1 Å². The molecular formula is C25H46N2O5. The molecule has 1 N–H and O–H groups in total. The zero-order valence-corrected chi connectivity index (χ0v) is 21.6. The molecule has 2 heterocycles. The minimum atomic E-state index is -0.500. The maximum Gasteiger partial charge on any atom is 0.329 e. The first-order chi connectivity index (χ1) is 14.7. The lowest BCUT2D eigenvalue weighted by atomic mass is 9.98. The van der Waals surface area contributed by atoms with Gasteiger partial charge in [-0.3, -0.25) is 9.59 Å². The second-order valence-electron chi connectivity index (χ2n) is 10.9. The number of amides is 1. The molecule has 0 aromatic rings. The van der Waals surface area contributed by atoms with Gasteiger partial charge in [-0.15, -0.1) is 0 Å². The zero-order valence-electron chi connectivity index (χ0n) is 21.6. The third-order valence-electron chi connectivity index (χ3n) is 5.50. The molecule has 1 amide bonds. The van der Waals surface area contributed by atoms with E-state index in [1.807, 2.05) is 55.4 Å². The minimum Gasteiger partial charge on any atom is -0.459 e. The Kier molecular flexibility index (Phi) is 11.2. The molecule has 7 nitrogen and oxygen atoms in total. The van der Waals surface area contributed by atoms with Gasteiger partial charge in [-0.1, -0.05) is 20.3 Å². The van der Waals surface area contributed by atoms with Gasteiger partial charge in [0.2, 0.25) is 5.91 Å². The first kappa shape index (κ1) is 28.4. The van der Waals surface area contributed by atoms with E-state index in [1.54, 1.807) is 4.90 Å². The van der Waals surface area contributed by atoms with Crippen LogP contribution in [0.4, 0.5) is 0 Å². The zero-order chi connectivity index (χ0) is 24.5. The summed E-state index contributed by atoms with van der Waals surface area (Å²) in [5.41, 5.74) is -0.865. The maximum atomic E-state index is 12.3. The van der Waals surface area contributed by atoms with Crippen LogP contribution in [0.2, 0.25) is 0 Å². The Balaban J connectivity index is 0.000000343. The van der Waals surface area contributed by atoms with E-state index in [9.17, 15) is 14.4 Å².